The van der Waals surface area contributed by atoms with E-state index in [0.29, 0.717) is 5.65 Å². The zero-order valence-electron chi connectivity index (χ0n) is 9.19. The molecule has 0 amide bonds. The van der Waals surface area contributed by atoms with Crippen molar-refractivity contribution in [3.05, 3.63) is 18.1 Å². The summed E-state index contributed by atoms with van der Waals surface area (Å²) in [4.78, 5) is 7.82. The number of imidazole rings is 1. The van der Waals surface area contributed by atoms with Crippen molar-refractivity contribution in [1.29, 1.82) is 5.26 Å². The number of alkyl halides is 3. The lowest BCUT2D eigenvalue weighted by Gasteiger charge is -2.08. The molecule has 0 atom stereocenters. The van der Waals surface area contributed by atoms with Gasteiger partial charge in [0.15, 0.2) is 23.5 Å². The second-order valence-electron chi connectivity index (χ2n) is 3.49. The van der Waals surface area contributed by atoms with Crippen molar-refractivity contribution in [2.75, 3.05) is 6.61 Å². The zero-order valence-corrected chi connectivity index (χ0v) is 9.19. The molecule has 94 valence electrons. The number of pyridine rings is 1. The van der Waals surface area contributed by atoms with Crippen LogP contribution in [0.1, 0.15) is 5.82 Å². The van der Waals surface area contributed by atoms with Crippen LogP contribution in [0.5, 0.6) is 5.75 Å². The van der Waals surface area contributed by atoms with Gasteiger partial charge in [0, 0.05) is 19.3 Å². The summed E-state index contributed by atoms with van der Waals surface area (Å²) >= 11 is 0. The van der Waals surface area contributed by atoms with E-state index in [-0.39, 0.29) is 17.1 Å². The van der Waals surface area contributed by atoms with Crippen LogP contribution in [0.4, 0.5) is 13.2 Å². The van der Waals surface area contributed by atoms with Gasteiger partial charge >= 0.3 is 6.18 Å². The van der Waals surface area contributed by atoms with E-state index < -0.39 is 12.8 Å². The number of nitriles is 1. The molecule has 0 radical (unpaired) electrons. The van der Waals surface area contributed by atoms with Crippen molar-refractivity contribution < 1.29 is 17.9 Å². The number of hydrogen-bond acceptors (Lipinski definition) is 4. The molecule has 0 aliphatic heterocycles. The molecular weight excluding hydrogens is 249 g/mol. The number of halogens is 3. The summed E-state index contributed by atoms with van der Waals surface area (Å²) in [6, 6.07) is 3.10. The van der Waals surface area contributed by atoms with Crippen LogP contribution in [0.15, 0.2) is 12.3 Å². The Hall–Kier alpha value is -2.30. The van der Waals surface area contributed by atoms with Crippen molar-refractivity contribution in [2.24, 2.45) is 7.05 Å². The number of rotatable bonds is 2. The molecule has 5 nitrogen and oxygen atoms in total. The summed E-state index contributed by atoms with van der Waals surface area (Å²) in [5, 5.41) is 8.79. The third-order valence-corrected chi connectivity index (χ3v) is 2.21. The van der Waals surface area contributed by atoms with E-state index in [1.54, 1.807) is 7.05 Å². The van der Waals surface area contributed by atoms with Crippen LogP contribution >= 0.6 is 0 Å². The first-order chi connectivity index (χ1) is 8.42. The summed E-state index contributed by atoms with van der Waals surface area (Å²) in [6.45, 7) is -1.41. The van der Waals surface area contributed by atoms with Gasteiger partial charge < -0.3 is 9.30 Å². The SMILES string of the molecule is Cn1c(C#N)nc2c(OCC(F)(F)F)ccnc21. The number of ether oxygens (including phenoxy) is 1. The van der Waals surface area contributed by atoms with Crippen LogP contribution < -0.4 is 4.74 Å². The third kappa shape index (κ3) is 2.20. The monoisotopic (exact) mass is 256 g/mol. The Morgan fingerprint density at radius 3 is 2.83 bits per heavy atom. The van der Waals surface area contributed by atoms with Crippen LogP contribution in [0.25, 0.3) is 11.2 Å². The Kier molecular flexibility index (Phi) is 2.82. The van der Waals surface area contributed by atoms with Gasteiger partial charge in [-0.3, -0.25) is 0 Å². The fraction of sp³-hybridized carbons (Fsp3) is 0.300. The van der Waals surface area contributed by atoms with Crippen molar-refractivity contribution in [3.63, 3.8) is 0 Å². The Bertz CT molecular complexity index is 626. The first kappa shape index (κ1) is 12.2. The maximum absolute atomic E-state index is 12.1. The van der Waals surface area contributed by atoms with E-state index in [2.05, 4.69) is 14.7 Å². The molecule has 2 aromatic rings. The zero-order chi connectivity index (χ0) is 13.3. The molecule has 0 saturated heterocycles. The molecule has 0 spiro atoms. The fourth-order valence-electron chi connectivity index (χ4n) is 1.43. The van der Waals surface area contributed by atoms with Crippen LogP contribution in [0.2, 0.25) is 0 Å². The number of fused-ring (bicyclic) bond motifs is 1. The second-order valence-corrected chi connectivity index (χ2v) is 3.49. The smallest absolute Gasteiger partial charge is 0.422 e. The van der Waals surface area contributed by atoms with E-state index >= 15 is 0 Å². The number of aryl methyl sites for hydroxylation is 1. The topological polar surface area (TPSA) is 63.7 Å². The van der Waals surface area contributed by atoms with Gasteiger partial charge in [0.2, 0.25) is 5.82 Å². The summed E-state index contributed by atoms with van der Waals surface area (Å²) in [6.07, 6.45) is -3.13. The minimum Gasteiger partial charge on any atom is -0.482 e. The lowest BCUT2D eigenvalue weighted by Crippen LogP contribution is -2.19. The maximum atomic E-state index is 12.1. The Morgan fingerprint density at radius 1 is 1.50 bits per heavy atom. The second kappa shape index (κ2) is 4.18. The highest BCUT2D eigenvalue weighted by Gasteiger charge is 2.29. The molecule has 18 heavy (non-hydrogen) atoms. The summed E-state index contributed by atoms with van der Waals surface area (Å²) in [5.41, 5.74) is 0.437. The van der Waals surface area contributed by atoms with Crippen molar-refractivity contribution in [2.45, 2.75) is 6.18 Å². The first-order valence-corrected chi connectivity index (χ1v) is 4.83. The van der Waals surface area contributed by atoms with Gasteiger partial charge in [-0.2, -0.15) is 18.4 Å². The standard InChI is InChI=1S/C10H7F3N4O/c1-17-7(4-14)16-8-6(2-3-15-9(8)17)18-5-10(11,12)13/h2-3H,5H2,1H3. The van der Waals surface area contributed by atoms with Crippen molar-refractivity contribution >= 4 is 11.2 Å². The van der Waals surface area contributed by atoms with E-state index in [9.17, 15) is 13.2 Å². The highest BCUT2D eigenvalue weighted by atomic mass is 19.4. The number of hydrogen-bond donors (Lipinski definition) is 0. The minimum absolute atomic E-state index is 0.0468. The molecule has 8 heteroatoms. The van der Waals surface area contributed by atoms with E-state index in [0.717, 1.165) is 0 Å². The Labute approximate surface area is 99.4 Å². The minimum atomic E-state index is -4.43. The molecule has 2 heterocycles. The van der Waals surface area contributed by atoms with Crippen LogP contribution in [0, 0.1) is 11.3 Å². The summed E-state index contributed by atoms with van der Waals surface area (Å²) < 4.78 is 42.3. The number of aromatic nitrogens is 3. The molecule has 0 bridgehead atoms. The average molecular weight is 256 g/mol. The predicted molar refractivity (Wildman–Crippen MR) is 54.8 cm³/mol. The van der Waals surface area contributed by atoms with Gasteiger partial charge in [0.1, 0.15) is 6.07 Å². The Balaban J connectivity index is 2.43. The molecule has 0 aromatic carbocycles. The molecule has 2 aromatic heterocycles. The van der Waals surface area contributed by atoms with Gasteiger partial charge in [-0.1, -0.05) is 0 Å². The fourth-order valence-corrected chi connectivity index (χ4v) is 1.43. The van der Waals surface area contributed by atoms with E-state index in [4.69, 9.17) is 5.26 Å². The average Bonchev–Trinajstić information content (AvgIpc) is 2.63. The lowest BCUT2D eigenvalue weighted by molar-refractivity contribution is -0.153. The lowest BCUT2D eigenvalue weighted by atomic mass is 10.4. The normalized spacial score (nSPS) is 11.5. The summed E-state index contributed by atoms with van der Waals surface area (Å²) in [7, 11) is 1.55. The van der Waals surface area contributed by atoms with Gasteiger partial charge in [0.25, 0.3) is 0 Å². The summed E-state index contributed by atoms with van der Waals surface area (Å²) in [5.74, 6) is 0.00924. The first-order valence-electron chi connectivity index (χ1n) is 4.83. The van der Waals surface area contributed by atoms with Crippen molar-refractivity contribution in [3.8, 4) is 11.8 Å². The molecule has 0 aliphatic carbocycles. The molecule has 0 fully saturated rings. The maximum Gasteiger partial charge on any atom is 0.422 e. The quantitative estimate of drug-likeness (QED) is 0.821. The highest BCUT2D eigenvalue weighted by molar-refractivity contribution is 5.79. The van der Waals surface area contributed by atoms with Crippen LogP contribution in [-0.2, 0) is 7.05 Å². The molecule has 0 saturated carbocycles. The molecule has 2 rings (SSSR count). The van der Waals surface area contributed by atoms with Gasteiger partial charge in [0.05, 0.1) is 0 Å². The predicted octanol–water partition coefficient (Wildman–Crippen LogP) is 1.78. The highest BCUT2D eigenvalue weighted by Crippen LogP contribution is 2.25. The van der Waals surface area contributed by atoms with Crippen LogP contribution in [0.3, 0.4) is 0 Å². The number of nitrogens with zero attached hydrogens (tertiary/aromatic N) is 4. The third-order valence-electron chi connectivity index (χ3n) is 2.21. The van der Waals surface area contributed by atoms with Gasteiger partial charge in [-0.15, -0.1) is 0 Å². The molecule has 0 N–H and O–H groups in total. The molecular formula is C10H7F3N4O. The Morgan fingerprint density at radius 2 is 2.22 bits per heavy atom. The van der Waals surface area contributed by atoms with Gasteiger partial charge in [-0.25, -0.2) is 9.97 Å². The van der Waals surface area contributed by atoms with Crippen LogP contribution in [-0.4, -0.2) is 27.3 Å². The van der Waals surface area contributed by atoms with E-state index in [1.807, 2.05) is 6.07 Å². The van der Waals surface area contributed by atoms with Crippen molar-refractivity contribution in [1.82, 2.24) is 14.5 Å². The van der Waals surface area contributed by atoms with E-state index in [1.165, 1.54) is 16.8 Å². The largest absolute Gasteiger partial charge is 0.482 e. The molecule has 0 aliphatic rings. The van der Waals surface area contributed by atoms with Gasteiger partial charge in [-0.05, 0) is 0 Å². The molecule has 0 unspecified atom stereocenters.